The first-order valence-electron chi connectivity index (χ1n) is 7.56. The molecule has 0 aliphatic carbocycles. The Morgan fingerprint density at radius 2 is 1.96 bits per heavy atom. The number of methoxy groups -OCH3 is 1. The summed E-state index contributed by atoms with van der Waals surface area (Å²) in [5.74, 6) is -0.217. The fourth-order valence-corrected chi connectivity index (χ4v) is 2.39. The lowest BCUT2D eigenvalue weighted by Crippen LogP contribution is -2.07. The maximum absolute atomic E-state index is 13.2. The van der Waals surface area contributed by atoms with Gasteiger partial charge in [-0.3, -0.25) is 0 Å². The van der Waals surface area contributed by atoms with Crippen LogP contribution in [0.1, 0.15) is 10.4 Å². The Kier molecular flexibility index (Phi) is 5.28. The van der Waals surface area contributed by atoms with E-state index in [0.29, 0.717) is 22.8 Å². The summed E-state index contributed by atoms with van der Waals surface area (Å²) < 4.78 is 18.0. The number of para-hydroxylation sites is 1. The zero-order chi connectivity index (χ0) is 18.5. The third-order valence-corrected chi connectivity index (χ3v) is 3.72. The number of carbonyl (C=O) groups is 1. The lowest BCUT2D eigenvalue weighted by Gasteiger charge is -2.11. The topological polar surface area (TPSA) is 76.1 Å². The van der Waals surface area contributed by atoms with Gasteiger partial charge in [0.2, 0.25) is 5.95 Å². The fourth-order valence-electron chi connectivity index (χ4n) is 2.21. The van der Waals surface area contributed by atoms with E-state index in [2.05, 4.69) is 20.6 Å². The van der Waals surface area contributed by atoms with Crippen molar-refractivity contribution in [3.05, 3.63) is 71.1 Å². The summed E-state index contributed by atoms with van der Waals surface area (Å²) in [4.78, 5) is 20.3. The molecule has 0 aliphatic heterocycles. The van der Waals surface area contributed by atoms with Gasteiger partial charge in [0, 0.05) is 11.9 Å². The van der Waals surface area contributed by atoms with Crippen molar-refractivity contribution in [2.45, 2.75) is 0 Å². The van der Waals surface area contributed by atoms with Gasteiger partial charge < -0.3 is 15.4 Å². The largest absolute Gasteiger partial charge is 0.465 e. The van der Waals surface area contributed by atoms with Crippen LogP contribution in [0.2, 0.25) is 5.02 Å². The van der Waals surface area contributed by atoms with Crippen molar-refractivity contribution in [1.82, 2.24) is 9.97 Å². The minimum Gasteiger partial charge on any atom is -0.465 e. The zero-order valence-corrected chi connectivity index (χ0v) is 14.4. The van der Waals surface area contributed by atoms with Gasteiger partial charge in [0.25, 0.3) is 0 Å². The number of hydrogen-bond acceptors (Lipinski definition) is 6. The molecule has 6 nitrogen and oxygen atoms in total. The van der Waals surface area contributed by atoms with E-state index >= 15 is 0 Å². The van der Waals surface area contributed by atoms with Crippen molar-refractivity contribution in [3.63, 3.8) is 0 Å². The molecule has 0 radical (unpaired) electrons. The third kappa shape index (κ3) is 4.07. The lowest BCUT2D eigenvalue weighted by atomic mass is 10.2. The molecule has 0 aliphatic rings. The number of benzene rings is 2. The van der Waals surface area contributed by atoms with Crippen LogP contribution in [0.25, 0.3) is 0 Å². The highest BCUT2D eigenvalue weighted by Gasteiger charge is 2.12. The fraction of sp³-hybridized carbons (Fsp3) is 0.0556. The number of nitrogens with zero attached hydrogens (tertiary/aromatic N) is 2. The summed E-state index contributed by atoms with van der Waals surface area (Å²) in [6, 6.07) is 12.8. The molecule has 0 amide bonds. The van der Waals surface area contributed by atoms with Crippen LogP contribution in [-0.4, -0.2) is 23.0 Å². The second-order valence-corrected chi connectivity index (χ2v) is 5.59. The summed E-state index contributed by atoms with van der Waals surface area (Å²) in [5, 5.41) is 6.01. The number of nitrogens with one attached hydrogen (secondary N) is 2. The van der Waals surface area contributed by atoms with E-state index in [9.17, 15) is 9.18 Å². The lowest BCUT2D eigenvalue weighted by molar-refractivity contribution is 0.0602. The molecule has 2 aromatic carbocycles. The van der Waals surface area contributed by atoms with Crippen molar-refractivity contribution < 1.29 is 13.9 Å². The van der Waals surface area contributed by atoms with Crippen LogP contribution in [0.15, 0.2) is 54.7 Å². The van der Waals surface area contributed by atoms with Gasteiger partial charge in [0.1, 0.15) is 11.6 Å². The normalized spacial score (nSPS) is 10.3. The van der Waals surface area contributed by atoms with Gasteiger partial charge in [0.15, 0.2) is 0 Å². The molecule has 0 spiro atoms. The van der Waals surface area contributed by atoms with Crippen LogP contribution in [0.4, 0.5) is 27.5 Å². The minimum atomic E-state index is -0.498. The Labute approximate surface area is 154 Å². The average Bonchev–Trinajstić information content (AvgIpc) is 2.65. The molecule has 1 aromatic heterocycles. The van der Waals surface area contributed by atoms with Crippen molar-refractivity contribution in [2.75, 3.05) is 17.7 Å². The van der Waals surface area contributed by atoms with Crippen LogP contribution >= 0.6 is 11.6 Å². The molecule has 3 aromatic rings. The summed E-state index contributed by atoms with van der Waals surface area (Å²) >= 11 is 5.78. The van der Waals surface area contributed by atoms with E-state index in [4.69, 9.17) is 16.3 Å². The molecular weight excluding hydrogens is 359 g/mol. The molecule has 132 valence electrons. The van der Waals surface area contributed by atoms with E-state index in [1.165, 1.54) is 19.2 Å². The minimum absolute atomic E-state index is 0.00871. The molecule has 26 heavy (non-hydrogen) atoms. The maximum atomic E-state index is 13.2. The summed E-state index contributed by atoms with van der Waals surface area (Å²) in [6.07, 6.45) is 1.55. The molecule has 1 heterocycles. The number of aromatic nitrogens is 2. The van der Waals surface area contributed by atoms with Gasteiger partial charge in [-0.15, -0.1) is 0 Å². The van der Waals surface area contributed by atoms with Gasteiger partial charge in [-0.05, 0) is 36.4 Å². The van der Waals surface area contributed by atoms with Crippen LogP contribution in [0, 0.1) is 5.82 Å². The number of rotatable bonds is 5. The molecule has 3 rings (SSSR count). The van der Waals surface area contributed by atoms with Gasteiger partial charge in [-0.1, -0.05) is 23.7 Å². The maximum Gasteiger partial charge on any atom is 0.339 e. The molecule has 0 saturated heterocycles. The Balaban J connectivity index is 1.82. The first-order valence-corrected chi connectivity index (χ1v) is 7.94. The van der Waals surface area contributed by atoms with Crippen molar-refractivity contribution in [2.24, 2.45) is 0 Å². The Bertz CT molecular complexity index is 952. The number of carbonyl (C=O) groups excluding carboxylic acids is 1. The molecule has 8 heteroatoms. The quantitative estimate of drug-likeness (QED) is 0.640. The molecule has 0 atom stereocenters. The van der Waals surface area contributed by atoms with Crippen LogP contribution in [-0.2, 0) is 4.74 Å². The van der Waals surface area contributed by atoms with E-state index in [1.807, 2.05) is 0 Å². The van der Waals surface area contributed by atoms with Gasteiger partial charge >= 0.3 is 5.97 Å². The summed E-state index contributed by atoms with van der Waals surface area (Å²) in [5.41, 5.74) is 1.46. The zero-order valence-electron chi connectivity index (χ0n) is 13.7. The van der Waals surface area contributed by atoms with Crippen LogP contribution in [0.3, 0.4) is 0 Å². The molecule has 2 N–H and O–H groups in total. The van der Waals surface area contributed by atoms with Crippen molar-refractivity contribution in [1.29, 1.82) is 0 Å². The van der Waals surface area contributed by atoms with Gasteiger partial charge in [-0.2, -0.15) is 4.98 Å². The predicted molar refractivity (Wildman–Crippen MR) is 97.8 cm³/mol. The van der Waals surface area contributed by atoms with E-state index in [1.54, 1.807) is 42.6 Å². The number of anilines is 4. The monoisotopic (exact) mass is 372 g/mol. The van der Waals surface area contributed by atoms with Crippen LogP contribution in [0.5, 0.6) is 0 Å². The molecular formula is C18H14ClFN4O2. The Hall–Kier alpha value is -3.19. The standard InChI is InChI=1S/C18H14ClFN4O2/c1-26-17(25)12-4-2-3-5-15(12)23-18-21-9-8-16(24-18)22-11-6-7-14(20)13(19)10-11/h2-10H,1H3,(H2,21,22,23,24). The number of halogens is 2. The van der Waals surface area contributed by atoms with Crippen LogP contribution < -0.4 is 10.6 Å². The summed E-state index contributed by atoms with van der Waals surface area (Å²) in [7, 11) is 1.31. The SMILES string of the molecule is COC(=O)c1ccccc1Nc1nccc(Nc2ccc(F)c(Cl)c2)n1. The van der Waals surface area contributed by atoms with E-state index < -0.39 is 11.8 Å². The second kappa shape index (κ2) is 7.79. The Morgan fingerprint density at radius 1 is 1.15 bits per heavy atom. The highest BCUT2D eigenvalue weighted by atomic mass is 35.5. The third-order valence-electron chi connectivity index (χ3n) is 3.43. The first kappa shape index (κ1) is 17.6. The molecule has 0 unspecified atom stereocenters. The number of hydrogen-bond donors (Lipinski definition) is 2. The molecule has 0 saturated carbocycles. The Morgan fingerprint density at radius 3 is 2.73 bits per heavy atom. The predicted octanol–water partition coefficient (Wildman–Crippen LogP) is 4.54. The average molecular weight is 373 g/mol. The smallest absolute Gasteiger partial charge is 0.339 e. The highest BCUT2D eigenvalue weighted by Crippen LogP contribution is 2.23. The molecule has 0 bridgehead atoms. The van der Waals surface area contributed by atoms with Crippen molar-refractivity contribution in [3.8, 4) is 0 Å². The number of esters is 1. The summed E-state index contributed by atoms with van der Waals surface area (Å²) in [6.45, 7) is 0. The van der Waals surface area contributed by atoms with E-state index in [-0.39, 0.29) is 11.0 Å². The van der Waals surface area contributed by atoms with Crippen molar-refractivity contribution >= 4 is 40.7 Å². The first-order chi connectivity index (χ1) is 12.6. The van der Waals surface area contributed by atoms with Gasteiger partial charge in [-0.25, -0.2) is 14.2 Å². The highest BCUT2D eigenvalue weighted by molar-refractivity contribution is 6.31. The number of ether oxygens (including phenoxy) is 1. The van der Waals surface area contributed by atoms with E-state index in [0.717, 1.165) is 0 Å². The van der Waals surface area contributed by atoms with Gasteiger partial charge in [0.05, 0.1) is 23.4 Å². The molecule has 0 fully saturated rings. The second-order valence-electron chi connectivity index (χ2n) is 5.18.